The SMILES string of the molecule is Cl.Cl.Cl.c1ccc(Oc2cncc(N3CCC4(C[C@H]5CCN4C5)C3)c2)cc1. The van der Waals surface area contributed by atoms with E-state index in [9.17, 15) is 0 Å². The molecule has 1 spiro atoms. The molecule has 0 amide bonds. The number of pyridine rings is 1. The second-order valence-corrected chi connectivity index (χ2v) is 7.49. The van der Waals surface area contributed by atoms with E-state index >= 15 is 0 Å². The number of fused-ring (bicyclic) bond motifs is 3. The van der Waals surface area contributed by atoms with Crippen molar-refractivity contribution in [2.45, 2.75) is 24.8 Å². The van der Waals surface area contributed by atoms with E-state index in [2.05, 4.69) is 20.9 Å². The number of ether oxygens (including phenoxy) is 1. The van der Waals surface area contributed by atoms with E-state index in [1.54, 1.807) is 6.20 Å². The molecule has 1 aromatic carbocycles. The lowest BCUT2D eigenvalue weighted by Crippen LogP contribution is -2.46. The number of hydrogen-bond donors (Lipinski definition) is 0. The Balaban J connectivity index is 0.000000871. The number of piperidine rings is 1. The Morgan fingerprint density at radius 2 is 1.81 bits per heavy atom. The zero-order valence-electron chi connectivity index (χ0n) is 15.1. The summed E-state index contributed by atoms with van der Waals surface area (Å²) in [7, 11) is 0. The van der Waals surface area contributed by atoms with Gasteiger partial charge in [0.15, 0.2) is 0 Å². The Kier molecular flexibility index (Phi) is 7.26. The summed E-state index contributed by atoms with van der Waals surface area (Å²) < 4.78 is 5.95. The van der Waals surface area contributed by atoms with Crippen LogP contribution in [0.3, 0.4) is 0 Å². The van der Waals surface area contributed by atoms with Crippen LogP contribution in [0.15, 0.2) is 48.8 Å². The van der Waals surface area contributed by atoms with Crippen molar-refractivity contribution < 1.29 is 4.74 Å². The molecule has 0 radical (unpaired) electrons. The molecule has 3 fully saturated rings. The average Bonchev–Trinajstić information content (AvgIpc) is 3.32. The number of halogens is 3. The lowest BCUT2D eigenvalue weighted by molar-refractivity contribution is 0.155. The van der Waals surface area contributed by atoms with Gasteiger partial charge in [0.05, 0.1) is 18.1 Å². The van der Waals surface area contributed by atoms with Crippen LogP contribution in [0.1, 0.15) is 19.3 Å². The summed E-state index contributed by atoms with van der Waals surface area (Å²) >= 11 is 0. The van der Waals surface area contributed by atoms with Crippen LogP contribution in [0.4, 0.5) is 5.69 Å². The molecule has 0 saturated carbocycles. The van der Waals surface area contributed by atoms with Crippen molar-refractivity contribution in [3.8, 4) is 11.5 Å². The van der Waals surface area contributed by atoms with E-state index in [0.29, 0.717) is 5.54 Å². The maximum Gasteiger partial charge on any atom is 0.147 e. The minimum absolute atomic E-state index is 0. The van der Waals surface area contributed by atoms with E-state index in [1.807, 2.05) is 36.5 Å². The Labute approximate surface area is 179 Å². The third kappa shape index (κ3) is 4.14. The lowest BCUT2D eigenvalue weighted by Gasteiger charge is -2.36. The van der Waals surface area contributed by atoms with E-state index in [4.69, 9.17) is 4.74 Å². The quantitative estimate of drug-likeness (QED) is 0.698. The number of anilines is 1. The maximum atomic E-state index is 5.95. The molecule has 2 aromatic rings. The highest BCUT2D eigenvalue weighted by molar-refractivity contribution is 5.86. The van der Waals surface area contributed by atoms with Crippen LogP contribution in [0.5, 0.6) is 11.5 Å². The van der Waals surface area contributed by atoms with Gasteiger partial charge in [0, 0.05) is 31.2 Å². The van der Waals surface area contributed by atoms with Gasteiger partial charge in [-0.05, 0) is 43.9 Å². The number of benzene rings is 1. The first-order valence-corrected chi connectivity index (χ1v) is 8.99. The number of aromatic nitrogens is 1. The topological polar surface area (TPSA) is 28.6 Å². The Morgan fingerprint density at radius 1 is 1.00 bits per heavy atom. The Morgan fingerprint density at radius 3 is 2.52 bits per heavy atom. The standard InChI is InChI=1S/C20H23N3O.3ClH/c1-2-4-18(5-3-1)24-19-10-17(12-21-13-19)22-9-7-20(15-22)11-16-6-8-23(20)14-16;;;/h1-5,10,12-13,16H,6-9,11,14-15H2;3*1H/t16-,20?;;;/m1.../s1. The predicted octanol–water partition coefficient (Wildman–Crippen LogP) is 4.81. The molecule has 4 heterocycles. The van der Waals surface area contributed by atoms with Crippen LogP contribution in [0.25, 0.3) is 0 Å². The van der Waals surface area contributed by atoms with Crippen molar-refractivity contribution in [3.63, 3.8) is 0 Å². The van der Waals surface area contributed by atoms with Gasteiger partial charge in [0.1, 0.15) is 11.5 Å². The van der Waals surface area contributed by atoms with Crippen LogP contribution < -0.4 is 9.64 Å². The van der Waals surface area contributed by atoms with Crippen molar-refractivity contribution in [1.82, 2.24) is 9.88 Å². The summed E-state index contributed by atoms with van der Waals surface area (Å²) in [5, 5.41) is 0. The summed E-state index contributed by atoms with van der Waals surface area (Å²) in [4.78, 5) is 9.65. The molecule has 3 aliphatic heterocycles. The molecule has 5 rings (SSSR count). The van der Waals surface area contributed by atoms with E-state index < -0.39 is 0 Å². The third-order valence-electron chi connectivity index (χ3n) is 6.00. The van der Waals surface area contributed by atoms with E-state index in [-0.39, 0.29) is 37.2 Å². The van der Waals surface area contributed by atoms with Gasteiger partial charge in [0.2, 0.25) is 0 Å². The summed E-state index contributed by atoms with van der Waals surface area (Å²) in [6.45, 7) is 4.89. The smallest absolute Gasteiger partial charge is 0.147 e. The number of hydrogen-bond acceptors (Lipinski definition) is 4. The van der Waals surface area contributed by atoms with Gasteiger partial charge in [0.25, 0.3) is 0 Å². The van der Waals surface area contributed by atoms with Crippen molar-refractivity contribution in [1.29, 1.82) is 0 Å². The summed E-state index contributed by atoms with van der Waals surface area (Å²) in [6.07, 6.45) is 7.84. The molecular weight excluding hydrogens is 405 g/mol. The van der Waals surface area contributed by atoms with Gasteiger partial charge in [-0.2, -0.15) is 0 Å². The molecule has 3 saturated heterocycles. The molecule has 7 heteroatoms. The number of para-hydroxylation sites is 1. The zero-order chi connectivity index (χ0) is 16.0. The van der Waals surface area contributed by atoms with Crippen LogP contribution in [-0.2, 0) is 0 Å². The number of nitrogens with zero attached hydrogens (tertiary/aromatic N) is 3. The van der Waals surface area contributed by atoms with Crippen molar-refractivity contribution in [3.05, 3.63) is 48.8 Å². The van der Waals surface area contributed by atoms with Gasteiger partial charge in [-0.15, -0.1) is 37.2 Å². The van der Waals surface area contributed by atoms with Crippen molar-refractivity contribution in [2.24, 2.45) is 5.92 Å². The average molecular weight is 431 g/mol. The highest BCUT2D eigenvalue weighted by Crippen LogP contribution is 2.46. The minimum Gasteiger partial charge on any atom is -0.456 e. The second-order valence-electron chi connectivity index (χ2n) is 7.49. The highest BCUT2D eigenvalue weighted by atomic mass is 35.5. The monoisotopic (exact) mass is 429 g/mol. The molecule has 0 aliphatic carbocycles. The fraction of sp³-hybridized carbons (Fsp3) is 0.450. The fourth-order valence-electron chi connectivity index (χ4n) is 4.86. The first-order chi connectivity index (χ1) is 11.8. The lowest BCUT2D eigenvalue weighted by atomic mass is 9.87. The molecule has 4 nitrogen and oxygen atoms in total. The van der Waals surface area contributed by atoms with E-state index in [0.717, 1.165) is 30.5 Å². The Bertz CT molecular complexity index is 748. The molecule has 3 aliphatic rings. The maximum absolute atomic E-state index is 5.95. The van der Waals surface area contributed by atoms with Crippen LogP contribution >= 0.6 is 37.2 Å². The minimum atomic E-state index is 0. The van der Waals surface area contributed by atoms with Gasteiger partial charge >= 0.3 is 0 Å². The van der Waals surface area contributed by atoms with Gasteiger partial charge in [-0.25, -0.2) is 0 Å². The van der Waals surface area contributed by atoms with Gasteiger partial charge in [-0.3, -0.25) is 9.88 Å². The first-order valence-electron chi connectivity index (χ1n) is 8.99. The molecular formula is C20H26Cl3N3O. The molecule has 3 atom stereocenters. The molecule has 1 aromatic heterocycles. The second kappa shape index (κ2) is 8.87. The normalized spacial score (nSPS) is 27.6. The fourth-order valence-corrected chi connectivity index (χ4v) is 4.86. The number of rotatable bonds is 3. The van der Waals surface area contributed by atoms with Crippen LogP contribution in [0.2, 0.25) is 0 Å². The highest BCUT2D eigenvalue weighted by Gasteiger charge is 2.52. The van der Waals surface area contributed by atoms with Crippen LogP contribution in [0, 0.1) is 5.92 Å². The van der Waals surface area contributed by atoms with Gasteiger partial charge < -0.3 is 9.64 Å². The van der Waals surface area contributed by atoms with Gasteiger partial charge in [-0.1, -0.05) is 18.2 Å². The Hall–Kier alpha value is -1.20. The largest absolute Gasteiger partial charge is 0.456 e. The summed E-state index contributed by atoms with van der Waals surface area (Å²) in [5.74, 6) is 2.61. The molecule has 27 heavy (non-hydrogen) atoms. The third-order valence-corrected chi connectivity index (χ3v) is 6.00. The van der Waals surface area contributed by atoms with Crippen molar-refractivity contribution >= 4 is 42.9 Å². The predicted molar refractivity (Wildman–Crippen MR) is 116 cm³/mol. The summed E-state index contributed by atoms with van der Waals surface area (Å²) in [5.41, 5.74) is 1.61. The van der Waals surface area contributed by atoms with Crippen molar-refractivity contribution in [2.75, 3.05) is 31.1 Å². The molecule has 148 valence electrons. The van der Waals surface area contributed by atoms with E-state index in [1.165, 1.54) is 38.0 Å². The zero-order valence-corrected chi connectivity index (χ0v) is 17.6. The summed E-state index contributed by atoms with van der Waals surface area (Å²) in [6, 6.07) is 12.0. The molecule has 2 bridgehead atoms. The first kappa shape index (κ1) is 22.1. The van der Waals surface area contributed by atoms with Crippen LogP contribution in [-0.4, -0.2) is 41.6 Å². The molecule has 2 unspecified atom stereocenters. The molecule has 0 N–H and O–H groups in total.